The minimum absolute atomic E-state index is 0.0866. The number of ether oxygens (including phenoxy) is 1. The third-order valence-electron chi connectivity index (χ3n) is 5.50. The van der Waals surface area contributed by atoms with E-state index >= 15 is 0 Å². The van der Waals surface area contributed by atoms with Crippen molar-refractivity contribution in [1.29, 1.82) is 0 Å². The molecule has 0 fully saturated rings. The van der Waals surface area contributed by atoms with E-state index in [9.17, 15) is 13.5 Å². The minimum atomic E-state index is -3.33. The van der Waals surface area contributed by atoms with Crippen LogP contribution < -0.4 is 4.74 Å². The molecule has 138 valence electrons. The second kappa shape index (κ2) is 5.68. The number of hydrogen-bond donors (Lipinski definition) is 1. The molecule has 0 radical (unpaired) electrons. The fourth-order valence-electron chi connectivity index (χ4n) is 4.20. The molecule has 2 aliphatic rings. The van der Waals surface area contributed by atoms with Crippen LogP contribution in [0.4, 0.5) is 0 Å². The first-order valence-electron chi connectivity index (χ1n) is 8.71. The van der Waals surface area contributed by atoms with Gasteiger partial charge in [0.05, 0.1) is 41.9 Å². The predicted molar refractivity (Wildman–Crippen MR) is 99.3 cm³/mol. The number of aliphatic hydroxyl groups excluding tert-OH is 1. The van der Waals surface area contributed by atoms with E-state index in [1.165, 1.54) is 12.1 Å². The summed E-state index contributed by atoms with van der Waals surface area (Å²) in [6.07, 6.45) is 4.01. The molecule has 7 heteroatoms. The van der Waals surface area contributed by atoms with Crippen LogP contribution in [0.15, 0.2) is 59.9 Å². The molecule has 0 saturated carbocycles. The highest BCUT2D eigenvalue weighted by Crippen LogP contribution is 2.49. The number of benzene rings is 2. The Hall–Kier alpha value is -2.64. The van der Waals surface area contributed by atoms with Gasteiger partial charge in [-0.15, -0.1) is 0 Å². The standard InChI is InChI=1S/C20H18N2O4S/c1-27(24,25)12-6-7-15-18(8-12)26-10-16(20(15)23)19-14-5-3-2-4-13(14)17-9-21-11-22(17)19/h2-9,11,16,19-20,23H,10H2,1H3/t16-,19+,20?/m1/s1. The summed E-state index contributed by atoms with van der Waals surface area (Å²) < 4.78 is 31.6. The number of aliphatic hydroxyl groups is 1. The molecule has 3 heterocycles. The minimum Gasteiger partial charge on any atom is -0.493 e. The highest BCUT2D eigenvalue weighted by atomic mass is 32.2. The molecule has 0 amide bonds. The van der Waals surface area contributed by atoms with Crippen molar-refractivity contribution in [2.45, 2.75) is 17.0 Å². The predicted octanol–water partition coefficient (Wildman–Crippen LogP) is 2.60. The van der Waals surface area contributed by atoms with Crippen LogP contribution in [-0.2, 0) is 9.84 Å². The van der Waals surface area contributed by atoms with Crippen molar-refractivity contribution in [2.24, 2.45) is 5.92 Å². The van der Waals surface area contributed by atoms with E-state index in [2.05, 4.69) is 21.7 Å². The fraction of sp³-hybridized carbons (Fsp3) is 0.250. The van der Waals surface area contributed by atoms with E-state index in [0.717, 1.165) is 23.1 Å². The van der Waals surface area contributed by atoms with Gasteiger partial charge in [-0.1, -0.05) is 30.3 Å². The van der Waals surface area contributed by atoms with Crippen molar-refractivity contribution in [2.75, 3.05) is 12.9 Å². The van der Waals surface area contributed by atoms with Gasteiger partial charge in [0, 0.05) is 23.3 Å². The normalized spacial score (nSPS) is 23.3. The Morgan fingerprint density at radius 3 is 2.81 bits per heavy atom. The summed E-state index contributed by atoms with van der Waals surface area (Å²) >= 11 is 0. The number of aromatic nitrogens is 2. The van der Waals surface area contributed by atoms with Gasteiger partial charge < -0.3 is 14.4 Å². The van der Waals surface area contributed by atoms with Gasteiger partial charge in [0.25, 0.3) is 0 Å². The van der Waals surface area contributed by atoms with Crippen LogP contribution in [0.2, 0.25) is 0 Å². The molecule has 6 nitrogen and oxygen atoms in total. The first-order valence-corrected chi connectivity index (χ1v) is 10.6. The maximum atomic E-state index is 11.8. The largest absolute Gasteiger partial charge is 0.493 e. The van der Waals surface area contributed by atoms with Crippen LogP contribution >= 0.6 is 0 Å². The lowest BCUT2D eigenvalue weighted by Crippen LogP contribution is -2.33. The number of hydrogen-bond acceptors (Lipinski definition) is 5. The van der Waals surface area contributed by atoms with Crippen LogP contribution in [-0.4, -0.2) is 35.9 Å². The molecule has 0 bridgehead atoms. The fourth-order valence-corrected chi connectivity index (χ4v) is 4.83. The van der Waals surface area contributed by atoms with E-state index in [-0.39, 0.29) is 23.5 Å². The maximum absolute atomic E-state index is 11.8. The smallest absolute Gasteiger partial charge is 0.175 e. The van der Waals surface area contributed by atoms with E-state index in [1.54, 1.807) is 12.4 Å². The molecule has 0 aliphatic carbocycles. The lowest BCUT2D eigenvalue weighted by molar-refractivity contribution is 0.0310. The maximum Gasteiger partial charge on any atom is 0.175 e. The molecule has 0 saturated heterocycles. The van der Waals surface area contributed by atoms with Gasteiger partial charge in [-0.3, -0.25) is 0 Å². The van der Waals surface area contributed by atoms with Crippen molar-refractivity contribution in [3.05, 3.63) is 66.1 Å². The zero-order chi connectivity index (χ0) is 18.8. The summed E-state index contributed by atoms with van der Waals surface area (Å²) in [4.78, 5) is 4.46. The lowest BCUT2D eigenvalue weighted by Gasteiger charge is -2.35. The second-order valence-corrected chi connectivity index (χ2v) is 9.13. The van der Waals surface area contributed by atoms with Gasteiger partial charge >= 0.3 is 0 Å². The van der Waals surface area contributed by atoms with Crippen molar-refractivity contribution < 1.29 is 18.3 Å². The molecule has 3 aromatic rings. The third kappa shape index (κ3) is 2.42. The average Bonchev–Trinajstić information content (AvgIpc) is 3.22. The summed E-state index contributed by atoms with van der Waals surface area (Å²) in [6.45, 7) is 0.290. The number of rotatable bonds is 2. The monoisotopic (exact) mass is 382 g/mol. The van der Waals surface area contributed by atoms with E-state index < -0.39 is 15.9 Å². The van der Waals surface area contributed by atoms with Crippen LogP contribution in [0.5, 0.6) is 5.75 Å². The quantitative estimate of drug-likeness (QED) is 0.737. The average molecular weight is 382 g/mol. The van der Waals surface area contributed by atoms with Crippen molar-refractivity contribution >= 4 is 9.84 Å². The molecular formula is C20H18N2O4S. The van der Waals surface area contributed by atoms with Gasteiger partial charge in [-0.2, -0.15) is 0 Å². The molecule has 1 unspecified atom stereocenters. The number of sulfone groups is 1. The zero-order valence-corrected chi connectivity index (χ0v) is 15.4. The Bertz CT molecular complexity index is 1150. The van der Waals surface area contributed by atoms with E-state index in [1.807, 2.05) is 18.3 Å². The second-order valence-electron chi connectivity index (χ2n) is 7.11. The number of imidazole rings is 1. The van der Waals surface area contributed by atoms with Crippen LogP contribution in [0, 0.1) is 5.92 Å². The van der Waals surface area contributed by atoms with E-state index in [0.29, 0.717) is 11.3 Å². The summed E-state index contributed by atoms with van der Waals surface area (Å²) in [7, 11) is -3.33. The summed E-state index contributed by atoms with van der Waals surface area (Å²) in [5.74, 6) is 0.219. The summed E-state index contributed by atoms with van der Waals surface area (Å²) in [6, 6.07) is 12.7. The van der Waals surface area contributed by atoms with Crippen LogP contribution in [0.3, 0.4) is 0 Å². The molecular weight excluding hydrogens is 364 g/mol. The van der Waals surface area contributed by atoms with Crippen LogP contribution in [0.1, 0.15) is 23.3 Å². The molecule has 1 N–H and O–H groups in total. The lowest BCUT2D eigenvalue weighted by atomic mass is 9.84. The van der Waals surface area contributed by atoms with E-state index in [4.69, 9.17) is 4.74 Å². The zero-order valence-electron chi connectivity index (χ0n) is 14.6. The third-order valence-corrected chi connectivity index (χ3v) is 6.61. The SMILES string of the molecule is CS(=O)(=O)c1ccc2c(c1)OC[C@H]([C@@H]1c3ccccc3-c3cncn31)C2O. The Labute approximate surface area is 157 Å². The molecule has 2 aromatic carbocycles. The van der Waals surface area contributed by atoms with Gasteiger partial charge in [0.15, 0.2) is 9.84 Å². The topological polar surface area (TPSA) is 81.4 Å². The van der Waals surface area contributed by atoms with Gasteiger partial charge in [-0.05, 0) is 17.7 Å². The Morgan fingerprint density at radius 1 is 1.19 bits per heavy atom. The number of nitrogens with zero attached hydrogens (tertiary/aromatic N) is 2. The Morgan fingerprint density at radius 2 is 2.00 bits per heavy atom. The summed E-state index contributed by atoms with van der Waals surface area (Å²) in [5, 5.41) is 11.1. The van der Waals surface area contributed by atoms with Crippen molar-refractivity contribution in [3.63, 3.8) is 0 Å². The van der Waals surface area contributed by atoms with Crippen molar-refractivity contribution in [1.82, 2.24) is 9.55 Å². The molecule has 0 spiro atoms. The number of fused-ring (bicyclic) bond motifs is 4. The van der Waals surface area contributed by atoms with Gasteiger partial charge in [-0.25, -0.2) is 13.4 Å². The highest BCUT2D eigenvalue weighted by Gasteiger charge is 2.41. The molecule has 27 heavy (non-hydrogen) atoms. The Kier molecular flexibility index (Phi) is 3.47. The first-order chi connectivity index (χ1) is 12.9. The molecule has 3 atom stereocenters. The Balaban J connectivity index is 1.57. The van der Waals surface area contributed by atoms with Gasteiger partial charge in [0.1, 0.15) is 5.75 Å². The summed E-state index contributed by atoms with van der Waals surface area (Å²) in [5.41, 5.74) is 3.90. The van der Waals surface area contributed by atoms with Crippen molar-refractivity contribution in [3.8, 4) is 17.0 Å². The van der Waals surface area contributed by atoms with Crippen LogP contribution in [0.25, 0.3) is 11.3 Å². The first kappa shape index (κ1) is 16.5. The molecule has 2 aliphatic heterocycles. The van der Waals surface area contributed by atoms with Gasteiger partial charge in [0.2, 0.25) is 0 Å². The highest BCUT2D eigenvalue weighted by molar-refractivity contribution is 7.90. The molecule has 5 rings (SSSR count). The molecule has 1 aromatic heterocycles.